The Kier molecular flexibility index (Phi) is 7.33. The third-order valence-electron chi connectivity index (χ3n) is 5.15. The fourth-order valence-corrected chi connectivity index (χ4v) is 3.65. The fourth-order valence-electron chi connectivity index (χ4n) is 3.65. The van der Waals surface area contributed by atoms with Crippen LogP contribution in [-0.4, -0.2) is 49.6 Å². The number of carbonyl (C=O) groups excluding carboxylic acids is 2. The van der Waals surface area contributed by atoms with E-state index in [0.29, 0.717) is 35.8 Å². The number of hydrogen-bond donors (Lipinski definition) is 1. The number of nitrogens with one attached hydrogen (secondary N) is 1. The number of para-hydroxylation sites is 1. The lowest BCUT2D eigenvalue weighted by Crippen LogP contribution is -2.41. The molecule has 1 saturated heterocycles. The van der Waals surface area contributed by atoms with Gasteiger partial charge in [-0.3, -0.25) is 9.59 Å². The van der Waals surface area contributed by atoms with Gasteiger partial charge in [0.05, 0.1) is 19.3 Å². The molecule has 1 heterocycles. The van der Waals surface area contributed by atoms with Crippen LogP contribution in [0, 0.1) is 5.92 Å². The van der Waals surface area contributed by atoms with Gasteiger partial charge in [0.2, 0.25) is 0 Å². The van der Waals surface area contributed by atoms with Gasteiger partial charge in [-0.1, -0.05) is 18.2 Å². The van der Waals surface area contributed by atoms with Gasteiger partial charge in [0.1, 0.15) is 11.5 Å². The van der Waals surface area contributed by atoms with E-state index in [2.05, 4.69) is 5.32 Å². The highest BCUT2D eigenvalue weighted by atomic mass is 16.5. The van der Waals surface area contributed by atoms with E-state index in [-0.39, 0.29) is 23.8 Å². The maximum absolute atomic E-state index is 12.9. The highest BCUT2D eigenvalue weighted by molar-refractivity contribution is 5.97. The van der Waals surface area contributed by atoms with Crippen LogP contribution < -0.4 is 14.8 Å². The quantitative estimate of drug-likeness (QED) is 0.755. The number of nitrogens with zero attached hydrogens (tertiary/aromatic N) is 1. The molecule has 6 nitrogen and oxygen atoms in total. The Morgan fingerprint density at radius 1 is 1.17 bits per heavy atom. The normalized spacial score (nSPS) is 16.3. The third kappa shape index (κ3) is 5.53. The standard InChI is InChI=1S/C24H30N2O4/c1-17(2)25-23(27)21-11-4-5-12-22(21)30-16-18-8-7-13-26(15-18)24(28)19-9-6-10-20(14-19)29-3/h4-6,9-12,14,17-18H,7-8,13,15-16H2,1-3H3,(H,25,27). The van der Waals surface area contributed by atoms with Crippen LogP contribution in [0.5, 0.6) is 11.5 Å². The summed E-state index contributed by atoms with van der Waals surface area (Å²) in [6, 6.07) is 14.6. The van der Waals surface area contributed by atoms with Crippen LogP contribution >= 0.6 is 0 Å². The minimum Gasteiger partial charge on any atom is -0.497 e. The van der Waals surface area contributed by atoms with Crippen molar-refractivity contribution in [3.05, 3.63) is 59.7 Å². The van der Waals surface area contributed by atoms with Gasteiger partial charge in [0, 0.05) is 30.6 Å². The zero-order chi connectivity index (χ0) is 21.5. The van der Waals surface area contributed by atoms with Gasteiger partial charge in [0.15, 0.2) is 0 Å². The zero-order valence-corrected chi connectivity index (χ0v) is 17.9. The topological polar surface area (TPSA) is 67.9 Å². The Morgan fingerprint density at radius 2 is 1.97 bits per heavy atom. The van der Waals surface area contributed by atoms with Gasteiger partial charge in [-0.25, -0.2) is 0 Å². The van der Waals surface area contributed by atoms with Gasteiger partial charge in [-0.15, -0.1) is 0 Å². The lowest BCUT2D eigenvalue weighted by atomic mass is 9.98. The summed E-state index contributed by atoms with van der Waals surface area (Å²) in [6.07, 6.45) is 1.92. The second-order valence-electron chi connectivity index (χ2n) is 7.93. The lowest BCUT2D eigenvalue weighted by Gasteiger charge is -2.33. The van der Waals surface area contributed by atoms with Crippen LogP contribution in [0.25, 0.3) is 0 Å². The molecule has 1 aliphatic rings. The molecule has 2 aromatic rings. The molecule has 1 N–H and O–H groups in total. The first-order valence-corrected chi connectivity index (χ1v) is 10.4. The number of piperidine rings is 1. The molecule has 0 radical (unpaired) electrons. The Balaban J connectivity index is 1.62. The fraction of sp³-hybridized carbons (Fsp3) is 0.417. The van der Waals surface area contributed by atoms with Crippen LogP contribution in [0.15, 0.2) is 48.5 Å². The molecule has 160 valence electrons. The smallest absolute Gasteiger partial charge is 0.255 e. The molecular formula is C24H30N2O4. The number of methoxy groups -OCH3 is 1. The van der Waals surface area contributed by atoms with Crippen molar-refractivity contribution in [2.24, 2.45) is 5.92 Å². The number of likely N-dealkylation sites (tertiary alicyclic amines) is 1. The average molecular weight is 411 g/mol. The largest absolute Gasteiger partial charge is 0.497 e. The molecule has 2 amide bonds. The first-order valence-electron chi connectivity index (χ1n) is 10.4. The van der Waals surface area contributed by atoms with Crippen molar-refractivity contribution in [3.63, 3.8) is 0 Å². The number of amides is 2. The van der Waals surface area contributed by atoms with Crippen LogP contribution in [0.4, 0.5) is 0 Å². The molecule has 1 unspecified atom stereocenters. The zero-order valence-electron chi connectivity index (χ0n) is 17.9. The van der Waals surface area contributed by atoms with E-state index in [4.69, 9.17) is 9.47 Å². The second kappa shape index (κ2) is 10.1. The number of benzene rings is 2. The van der Waals surface area contributed by atoms with Gasteiger partial charge in [0.25, 0.3) is 11.8 Å². The predicted molar refractivity (Wildman–Crippen MR) is 116 cm³/mol. The second-order valence-corrected chi connectivity index (χ2v) is 7.93. The van der Waals surface area contributed by atoms with Crippen molar-refractivity contribution >= 4 is 11.8 Å². The molecule has 30 heavy (non-hydrogen) atoms. The summed E-state index contributed by atoms with van der Waals surface area (Å²) in [5, 5.41) is 2.90. The van der Waals surface area contributed by atoms with Gasteiger partial charge < -0.3 is 19.7 Å². The number of hydrogen-bond acceptors (Lipinski definition) is 4. The molecule has 2 aromatic carbocycles. The number of rotatable bonds is 7. The van der Waals surface area contributed by atoms with Gasteiger partial charge in [-0.2, -0.15) is 0 Å². The Labute approximate surface area is 178 Å². The lowest BCUT2D eigenvalue weighted by molar-refractivity contribution is 0.0632. The third-order valence-corrected chi connectivity index (χ3v) is 5.15. The highest BCUT2D eigenvalue weighted by Crippen LogP contribution is 2.23. The summed E-state index contributed by atoms with van der Waals surface area (Å²) < 4.78 is 11.3. The summed E-state index contributed by atoms with van der Waals surface area (Å²) in [7, 11) is 1.59. The molecule has 6 heteroatoms. The van der Waals surface area contributed by atoms with E-state index in [0.717, 1.165) is 19.4 Å². The van der Waals surface area contributed by atoms with Crippen LogP contribution in [0.1, 0.15) is 47.4 Å². The van der Waals surface area contributed by atoms with Crippen LogP contribution in [-0.2, 0) is 0 Å². The SMILES string of the molecule is COc1cccc(C(=O)N2CCCC(COc3ccccc3C(=O)NC(C)C)C2)c1. The molecule has 1 atom stereocenters. The van der Waals surface area contributed by atoms with Crippen molar-refractivity contribution in [3.8, 4) is 11.5 Å². The average Bonchev–Trinajstić information content (AvgIpc) is 2.77. The van der Waals surface area contributed by atoms with Crippen LogP contribution in [0.2, 0.25) is 0 Å². The Morgan fingerprint density at radius 3 is 2.73 bits per heavy atom. The minimum absolute atomic E-state index is 0.00955. The molecule has 0 saturated carbocycles. The highest BCUT2D eigenvalue weighted by Gasteiger charge is 2.25. The van der Waals surface area contributed by atoms with Crippen molar-refractivity contribution in [1.29, 1.82) is 0 Å². The first-order chi connectivity index (χ1) is 14.5. The van der Waals surface area contributed by atoms with E-state index in [1.54, 1.807) is 19.2 Å². The van der Waals surface area contributed by atoms with Crippen molar-refractivity contribution < 1.29 is 19.1 Å². The first kappa shape index (κ1) is 21.7. The van der Waals surface area contributed by atoms with Gasteiger partial charge >= 0.3 is 0 Å². The minimum atomic E-state index is -0.140. The van der Waals surface area contributed by atoms with E-state index >= 15 is 0 Å². The summed E-state index contributed by atoms with van der Waals surface area (Å²) >= 11 is 0. The van der Waals surface area contributed by atoms with E-state index in [1.165, 1.54) is 0 Å². The Bertz CT molecular complexity index is 881. The summed E-state index contributed by atoms with van der Waals surface area (Å²) in [6.45, 7) is 5.69. The monoisotopic (exact) mass is 410 g/mol. The molecule has 3 rings (SSSR count). The summed E-state index contributed by atoms with van der Waals surface area (Å²) in [5.74, 6) is 1.34. The number of ether oxygens (including phenoxy) is 2. The predicted octanol–water partition coefficient (Wildman–Crippen LogP) is 3.76. The summed E-state index contributed by atoms with van der Waals surface area (Å²) in [4.78, 5) is 27.2. The summed E-state index contributed by atoms with van der Waals surface area (Å²) in [5.41, 5.74) is 1.16. The molecule has 0 bridgehead atoms. The maximum atomic E-state index is 12.9. The molecular weight excluding hydrogens is 380 g/mol. The van der Waals surface area contributed by atoms with E-state index in [1.807, 2.05) is 55.1 Å². The van der Waals surface area contributed by atoms with E-state index in [9.17, 15) is 9.59 Å². The Hall–Kier alpha value is -3.02. The van der Waals surface area contributed by atoms with E-state index < -0.39 is 0 Å². The van der Waals surface area contributed by atoms with Crippen molar-refractivity contribution in [2.45, 2.75) is 32.7 Å². The van der Waals surface area contributed by atoms with Crippen molar-refractivity contribution in [2.75, 3.05) is 26.8 Å². The molecule has 0 aromatic heterocycles. The van der Waals surface area contributed by atoms with Gasteiger partial charge in [-0.05, 0) is 57.0 Å². The molecule has 1 fully saturated rings. The maximum Gasteiger partial charge on any atom is 0.255 e. The van der Waals surface area contributed by atoms with Crippen LogP contribution in [0.3, 0.4) is 0 Å². The molecule has 0 spiro atoms. The molecule has 1 aliphatic heterocycles. The van der Waals surface area contributed by atoms with Crippen molar-refractivity contribution in [1.82, 2.24) is 10.2 Å². The molecule has 0 aliphatic carbocycles. The number of carbonyl (C=O) groups is 2.